The largest absolute Gasteiger partial charge is 0.388 e. The molecule has 0 saturated carbocycles. The molecule has 0 spiro atoms. The minimum absolute atomic E-state index is 0.163. The summed E-state index contributed by atoms with van der Waals surface area (Å²) in [6, 6.07) is 9.00. The fraction of sp³-hybridized carbons (Fsp3) is 0.286. The van der Waals surface area contributed by atoms with Gasteiger partial charge in [0.1, 0.15) is 0 Å². The van der Waals surface area contributed by atoms with Crippen LogP contribution < -0.4 is 0 Å². The van der Waals surface area contributed by atoms with Crippen LogP contribution in [0.2, 0.25) is 0 Å². The van der Waals surface area contributed by atoms with E-state index in [2.05, 4.69) is 4.98 Å². The van der Waals surface area contributed by atoms with Gasteiger partial charge in [-0.25, -0.2) is 0 Å². The molecule has 0 radical (unpaired) electrons. The Bertz CT molecular complexity index is 614. The fourth-order valence-electron chi connectivity index (χ4n) is 2.40. The van der Waals surface area contributed by atoms with Gasteiger partial charge in [0.15, 0.2) is 0 Å². The van der Waals surface area contributed by atoms with Gasteiger partial charge in [-0.15, -0.1) is 0 Å². The first-order valence-corrected chi connectivity index (χ1v) is 6.16. The molecule has 3 rings (SSSR count). The normalized spacial score (nSPS) is 22.9. The molecule has 1 aliphatic heterocycles. The van der Waals surface area contributed by atoms with E-state index in [4.69, 9.17) is 0 Å². The van der Waals surface area contributed by atoms with Gasteiger partial charge in [-0.1, -0.05) is 12.1 Å². The van der Waals surface area contributed by atoms with Crippen LogP contribution in [0.5, 0.6) is 0 Å². The fourth-order valence-corrected chi connectivity index (χ4v) is 2.40. The van der Waals surface area contributed by atoms with Crippen LogP contribution in [0.3, 0.4) is 0 Å². The molecule has 1 aliphatic rings. The van der Waals surface area contributed by atoms with Crippen LogP contribution in [0.1, 0.15) is 10.4 Å². The minimum atomic E-state index is -0.864. The highest BCUT2D eigenvalue weighted by molar-refractivity contribution is 6.06. The van der Waals surface area contributed by atoms with Crippen molar-refractivity contribution in [1.29, 1.82) is 0 Å². The molecule has 2 heterocycles. The number of β-amino-alcohol motifs (C(OH)–C–C–N with tert-alkyl or cyclic N) is 2. The van der Waals surface area contributed by atoms with Gasteiger partial charge in [-0.2, -0.15) is 0 Å². The second kappa shape index (κ2) is 4.60. The number of pyridine rings is 1. The molecule has 0 unspecified atom stereocenters. The van der Waals surface area contributed by atoms with Gasteiger partial charge in [0.05, 0.1) is 17.7 Å². The number of fused-ring (bicyclic) bond motifs is 1. The number of carbonyl (C=O) groups excluding carboxylic acids is 1. The van der Waals surface area contributed by atoms with Gasteiger partial charge in [0, 0.05) is 30.2 Å². The highest BCUT2D eigenvalue weighted by atomic mass is 16.3. The summed E-state index contributed by atoms with van der Waals surface area (Å²) < 4.78 is 0. The second-order valence-electron chi connectivity index (χ2n) is 4.72. The maximum absolute atomic E-state index is 12.4. The highest BCUT2D eigenvalue weighted by Crippen LogP contribution is 2.20. The molecule has 5 nitrogen and oxygen atoms in total. The molecule has 0 bridgehead atoms. The van der Waals surface area contributed by atoms with Crippen LogP contribution in [0.15, 0.2) is 36.5 Å². The van der Waals surface area contributed by atoms with Gasteiger partial charge in [-0.3, -0.25) is 9.78 Å². The Morgan fingerprint density at radius 1 is 1.16 bits per heavy atom. The number of benzene rings is 1. The molecule has 2 aromatic rings. The Morgan fingerprint density at radius 2 is 1.89 bits per heavy atom. The predicted molar refractivity (Wildman–Crippen MR) is 69.7 cm³/mol. The molecule has 0 aliphatic carbocycles. The average molecular weight is 258 g/mol. The van der Waals surface area contributed by atoms with Crippen molar-refractivity contribution < 1.29 is 15.0 Å². The third kappa shape index (κ3) is 2.07. The van der Waals surface area contributed by atoms with Crippen LogP contribution in [0.25, 0.3) is 10.9 Å². The summed E-state index contributed by atoms with van der Waals surface area (Å²) in [7, 11) is 0. The number of hydrogen-bond donors (Lipinski definition) is 2. The van der Waals surface area contributed by atoms with E-state index in [1.165, 1.54) is 4.90 Å². The maximum Gasteiger partial charge on any atom is 0.254 e. The average Bonchev–Trinajstić information content (AvgIpc) is 2.77. The van der Waals surface area contributed by atoms with Crippen LogP contribution in [0.4, 0.5) is 0 Å². The van der Waals surface area contributed by atoms with Gasteiger partial charge in [0.25, 0.3) is 5.91 Å². The van der Waals surface area contributed by atoms with E-state index >= 15 is 0 Å². The van der Waals surface area contributed by atoms with Gasteiger partial charge < -0.3 is 15.1 Å². The van der Waals surface area contributed by atoms with Crippen molar-refractivity contribution in [3.63, 3.8) is 0 Å². The summed E-state index contributed by atoms with van der Waals surface area (Å²) in [6.07, 6.45) is -0.0472. The van der Waals surface area contributed by atoms with E-state index in [9.17, 15) is 15.0 Å². The summed E-state index contributed by atoms with van der Waals surface area (Å²) in [5.41, 5.74) is 1.31. The zero-order chi connectivity index (χ0) is 13.4. The third-order valence-corrected chi connectivity index (χ3v) is 3.42. The van der Waals surface area contributed by atoms with Gasteiger partial charge in [-0.05, 0) is 18.2 Å². The number of carbonyl (C=O) groups is 1. The number of aliphatic hydroxyl groups excluding tert-OH is 2. The number of nitrogens with zero attached hydrogens (tertiary/aromatic N) is 2. The number of aromatic nitrogens is 1. The topological polar surface area (TPSA) is 73.7 Å². The molecular weight excluding hydrogens is 244 g/mol. The number of hydrogen-bond acceptors (Lipinski definition) is 4. The zero-order valence-corrected chi connectivity index (χ0v) is 10.2. The molecule has 1 aromatic carbocycles. The molecular formula is C14H14N2O3. The SMILES string of the molecule is O=C(c1cccc2ncccc12)N1C[C@@H](O)[C@@H](O)C1. The first kappa shape index (κ1) is 12.1. The van der Waals surface area contributed by atoms with Crippen LogP contribution in [0, 0.1) is 0 Å². The Hall–Kier alpha value is -1.98. The summed E-state index contributed by atoms with van der Waals surface area (Å²) in [4.78, 5) is 18.1. The lowest BCUT2D eigenvalue weighted by atomic mass is 10.1. The van der Waals surface area contributed by atoms with Crippen molar-refractivity contribution in [1.82, 2.24) is 9.88 Å². The lowest BCUT2D eigenvalue weighted by Gasteiger charge is -2.16. The molecule has 5 heteroatoms. The van der Waals surface area contributed by atoms with Crippen molar-refractivity contribution >= 4 is 16.8 Å². The zero-order valence-electron chi connectivity index (χ0n) is 10.2. The van der Waals surface area contributed by atoms with Crippen LogP contribution in [-0.4, -0.2) is 51.3 Å². The number of amides is 1. The number of likely N-dealkylation sites (tertiary alicyclic amines) is 1. The minimum Gasteiger partial charge on any atom is -0.388 e. The van der Waals surface area contributed by atoms with Gasteiger partial charge in [0.2, 0.25) is 0 Å². The maximum atomic E-state index is 12.4. The highest BCUT2D eigenvalue weighted by Gasteiger charge is 2.33. The molecule has 1 amide bonds. The molecule has 2 N–H and O–H groups in total. The summed E-state index contributed by atoms with van der Waals surface area (Å²) in [5.74, 6) is -0.186. The van der Waals surface area contributed by atoms with Crippen LogP contribution >= 0.6 is 0 Å². The Balaban J connectivity index is 1.98. The number of aliphatic hydroxyl groups is 2. The van der Waals surface area contributed by atoms with E-state index in [1.54, 1.807) is 24.4 Å². The Morgan fingerprint density at radius 3 is 2.63 bits per heavy atom. The first-order chi connectivity index (χ1) is 9.16. The first-order valence-electron chi connectivity index (χ1n) is 6.16. The molecule has 19 heavy (non-hydrogen) atoms. The Labute approximate surface area is 110 Å². The summed E-state index contributed by atoms with van der Waals surface area (Å²) in [5, 5.41) is 19.8. The molecule has 1 saturated heterocycles. The predicted octanol–water partition coefficient (Wildman–Crippen LogP) is 0.412. The van der Waals surface area contributed by atoms with E-state index in [0.29, 0.717) is 5.56 Å². The molecule has 1 aromatic heterocycles. The Kier molecular flexibility index (Phi) is 2.93. The standard InChI is InChI=1S/C14H14N2O3/c17-12-7-16(8-13(12)18)14(19)10-3-1-5-11-9(10)4-2-6-15-11/h1-6,12-13,17-18H,7-8H2/t12-,13+. The van der Waals surface area contributed by atoms with Crippen molar-refractivity contribution in [2.75, 3.05) is 13.1 Å². The van der Waals surface area contributed by atoms with Crippen molar-refractivity contribution in [3.05, 3.63) is 42.1 Å². The van der Waals surface area contributed by atoms with E-state index in [-0.39, 0.29) is 19.0 Å². The molecule has 98 valence electrons. The van der Waals surface area contributed by atoms with Crippen molar-refractivity contribution in [3.8, 4) is 0 Å². The third-order valence-electron chi connectivity index (χ3n) is 3.42. The van der Waals surface area contributed by atoms with E-state index < -0.39 is 12.2 Å². The lowest BCUT2D eigenvalue weighted by molar-refractivity contribution is 0.0572. The smallest absolute Gasteiger partial charge is 0.254 e. The molecule has 2 atom stereocenters. The van der Waals surface area contributed by atoms with Crippen molar-refractivity contribution in [2.24, 2.45) is 0 Å². The lowest BCUT2D eigenvalue weighted by Crippen LogP contribution is -2.29. The number of rotatable bonds is 1. The quantitative estimate of drug-likeness (QED) is 0.777. The summed E-state index contributed by atoms with van der Waals surface area (Å²) in [6.45, 7) is 0.327. The van der Waals surface area contributed by atoms with E-state index in [1.807, 2.05) is 12.1 Å². The van der Waals surface area contributed by atoms with Gasteiger partial charge >= 0.3 is 0 Å². The van der Waals surface area contributed by atoms with E-state index in [0.717, 1.165) is 10.9 Å². The monoisotopic (exact) mass is 258 g/mol. The van der Waals surface area contributed by atoms with Crippen molar-refractivity contribution in [2.45, 2.75) is 12.2 Å². The summed E-state index contributed by atoms with van der Waals surface area (Å²) >= 11 is 0. The second-order valence-corrected chi connectivity index (χ2v) is 4.72. The molecule has 1 fully saturated rings. The van der Waals surface area contributed by atoms with Crippen LogP contribution in [-0.2, 0) is 0 Å².